The average Bonchev–Trinajstić information content (AvgIpc) is 2.37. The van der Waals surface area contributed by atoms with Gasteiger partial charge in [-0.3, -0.25) is 4.79 Å². The van der Waals surface area contributed by atoms with E-state index in [4.69, 9.17) is 10.00 Å². The summed E-state index contributed by atoms with van der Waals surface area (Å²) in [5.74, 6) is -1.16. The van der Waals surface area contributed by atoms with E-state index < -0.39 is 18.1 Å². The molecule has 0 N–H and O–H groups in total. The summed E-state index contributed by atoms with van der Waals surface area (Å²) in [4.78, 5) is 11.5. The number of carbonyl (C=O) groups is 1. The molecule has 0 aliphatic carbocycles. The first kappa shape index (κ1) is 17.3. The Balaban J connectivity index is 3.26. The van der Waals surface area contributed by atoms with Crippen molar-refractivity contribution in [1.82, 2.24) is 0 Å². The van der Waals surface area contributed by atoms with Crippen LogP contribution in [0.15, 0.2) is 12.1 Å². The summed E-state index contributed by atoms with van der Waals surface area (Å²) in [6.07, 6.45) is -5.13. The highest BCUT2D eigenvalue weighted by molar-refractivity contribution is 9.08. The van der Waals surface area contributed by atoms with Crippen molar-refractivity contribution >= 4 is 21.9 Å². The van der Waals surface area contributed by atoms with Crippen LogP contribution in [0.4, 0.5) is 13.2 Å². The number of ether oxygens (including phenoxy) is 2. The summed E-state index contributed by atoms with van der Waals surface area (Å²) in [7, 11) is 0. The molecule has 0 aliphatic heterocycles. The van der Waals surface area contributed by atoms with Crippen molar-refractivity contribution in [2.45, 2.75) is 25.0 Å². The van der Waals surface area contributed by atoms with Gasteiger partial charge in [-0.2, -0.15) is 5.26 Å². The Bertz CT molecular complexity index is 567. The first-order chi connectivity index (χ1) is 9.82. The first-order valence-corrected chi connectivity index (χ1v) is 6.96. The van der Waals surface area contributed by atoms with Gasteiger partial charge in [-0.1, -0.05) is 22.0 Å². The second-order valence-electron chi connectivity index (χ2n) is 3.85. The molecule has 1 rings (SSSR count). The molecule has 114 valence electrons. The summed E-state index contributed by atoms with van der Waals surface area (Å²) in [5.41, 5.74) is 0.150. The van der Waals surface area contributed by atoms with Crippen molar-refractivity contribution in [3.05, 3.63) is 28.8 Å². The van der Waals surface area contributed by atoms with E-state index in [-0.39, 0.29) is 29.5 Å². The Morgan fingerprint density at radius 2 is 2.10 bits per heavy atom. The molecule has 1 aromatic rings. The minimum Gasteiger partial charge on any atom is -0.466 e. The molecule has 0 heterocycles. The molecule has 0 amide bonds. The minimum atomic E-state index is -4.93. The van der Waals surface area contributed by atoms with E-state index in [1.165, 1.54) is 12.1 Å². The zero-order chi connectivity index (χ0) is 16.0. The standard InChI is InChI=1S/C13H11BrF3NO3/c1-2-20-11(19)5-8-3-4-9(7-18)12(10(8)6-14)21-13(15,16)17/h3-4H,2,5-6H2,1H3. The summed E-state index contributed by atoms with van der Waals surface area (Å²) in [6.45, 7) is 1.80. The largest absolute Gasteiger partial charge is 0.573 e. The quantitative estimate of drug-likeness (QED) is 0.592. The fraction of sp³-hybridized carbons (Fsp3) is 0.385. The molecule has 0 aliphatic rings. The van der Waals surface area contributed by atoms with Gasteiger partial charge in [0.25, 0.3) is 0 Å². The van der Waals surface area contributed by atoms with Crippen molar-refractivity contribution in [3.63, 3.8) is 0 Å². The molecule has 0 radical (unpaired) electrons. The zero-order valence-corrected chi connectivity index (χ0v) is 12.5. The molecule has 0 atom stereocenters. The number of nitrogens with zero attached hydrogens (tertiary/aromatic N) is 1. The highest BCUT2D eigenvalue weighted by Gasteiger charge is 2.34. The number of nitriles is 1. The topological polar surface area (TPSA) is 59.3 Å². The monoisotopic (exact) mass is 365 g/mol. The van der Waals surface area contributed by atoms with Crippen LogP contribution in [0.1, 0.15) is 23.6 Å². The van der Waals surface area contributed by atoms with Crippen LogP contribution in [0.2, 0.25) is 0 Å². The van der Waals surface area contributed by atoms with Crippen LogP contribution >= 0.6 is 15.9 Å². The van der Waals surface area contributed by atoms with Gasteiger partial charge in [-0.05, 0) is 18.6 Å². The highest BCUT2D eigenvalue weighted by Crippen LogP contribution is 2.34. The predicted octanol–water partition coefficient (Wildman–Crippen LogP) is 3.46. The van der Waals surface area contributed by atoms with Crippen LogP contribution in [-0.2, 0) is 21.3 Å². The smallest absolute Gasteiger partial charge is 0.466 e. The van der Waals surface area contributed by atoms with E-state index in [1.807, 2.05) is 0 Å². The zero-order valence-electron chi connectivity index (χ0n) is 11.0. The number of rotatable bonds is 5. The molecule has 0 fully saturated rings. The van der Waals surface area contributed by atoms with Crippen LogP contribution in [0, 0.1) is 11.3 Å². The average molecular weight is 366 g/mol. The van der Waals surface area contributed by atoms with Gasteiger partial charge in [0.2, 0.25) is 0 Å². The van der Waals surface area contributed by atoms with E-state index in [9.17, 15) is 18.0 Å². The third-order valence-electron chi connectivity index (χ3n) is 2.47. The fourth-order valence-corrected chi connectivity index (χ4v) is 2.28. The van der Waals surface area contributed by atoms with Gasteiger partial charge >= 0.3 is 12.3 Å². The van der Waals surface area contributed by atoms with E-state index >= 15 is 0 Å². The predicted molar refractivity (Wildman–Crippen MR) is 70.8 cm³/mol. The second-order valence-corrected chi connectivity index (χ2v) is 4.42. The van der Waals surface area contributed by atoms with Gasteiger partial charge in [-0.25, -0.2) is 0 Å². The Kier molecular flexibility index (Phi) is 6.03. The summed E-state index contributed by atoms with van der Waals surface area (Å²) in [6, 6.07) is 4.23. The summed E-state index contributed by atoms with van der Waals surface area (Å²) < 4.78 is 46.0. The van der Waals surface area contributed by atoms with Gasteiger partial charge in [0.1, 0.15) is 6.07 Å². The SMILES string of the molecule is CCOC(=O)Cc1ccc(C#N)c(OC(F)(F)F)c1CBr. The molecular formula is C13H11BrF3NO3. The minimum absolute atomic E-state index is 0.00265. The maximum atomic E-state index is 12.5. The molecular weight excluding hydrogens is 355 g/mol. The Morgan fingerprint density at radius 3 is 2.57 bits per heavy atom. The van der Waals surface area contributed by atoms with Gasteiger partial charge in [-0.15, -0.1) is 13.2 Å². The van der Waals surface area contributed by atoms with Gasteiger partial charge in [0, 0.05) is 10.9 Å². The van der Waals surface area contributed by atoms with Crippen LogP contribution in [0.25, 0.3) is 0 Å². The second kappa shape index (κ2) is 7.31. The number of esters is 1. The fourth-order valence-electron chi connectivity index (χ4n) is 1.67. The van der Waals surface area contributed by atoms with Crippen molar-refractivity contribution in [2.75, 3.05) is 6.61 Å². The summed E-state index contributed by atoms with van der Waals surface area (Å²) in [5, 5.41) is 8.89. The molecule has 0 saturated heterocycles. The van der Waals surface area contributed by atoms with Gasteiger partial charge < -0.3 is 9.47 Å². The number of halogens is 4. The third kappa shape index (κ3) is 4.93. The lowest BCUT2D eigenvalue weighted by Gasteiger charge is -2.16. The van der Waals surface area contributed by atoms with Crippen LogP contribution in [0.3, 0.4) is 0 Å². The third-order valence-corrected chi connectivity index (χ3v) is 3.03. The molecule has 0 aromatic heterocycles. The number of benzene rings is 1. The lowest BCUT2D eigenvalue weighted by molar-refractivity contribution is -0.275. The van der Waals surface area contributed by atoms with Gasteiger partial charge in [0.15, 0.2) is 5.75 Å². The lowest BCUT2D eigenvalue weighted by Crippen LogP contribution is -2.20. The molecule has 0 spiro atoms. The van der Waals surface area contributed by atoms with E-state index in [0.717, 1.165) is 0 Å². The first-order valence-electron chi connectivity index (χ1n) is 5.84. The molecule has 1 aromatic carbocycles. The molecule has 0 saturated carbocycles. The maximum Gasteiger partial charge on any atom is 0.573 e. The molecule has 8 heteroatoms. The van der Waals surface area contributed by atoms with E-state index in [0.29, 0.717) is 5.56 Å². The summed E-state index contributed by atoms with van der Waals surface area (Å²) >= 11 is 3.05. The highest BCUT2D eigenvalue weighted by atomic mass is 79.9. The van der Waals surface area contributed by atoms with Crippen molar-refractivity contribution in [1.29, 1.82) is 5.26 Å². The lowest BCUT2D eigenvalue weighted by atomic mass is 10.0. The number of alkyl halides is 4. The van der Waals surface area contributed by atoms with Crippen LogP contribution < -0.4 is 4.74 Å². The van der Waals surface area contributed by atoms with Crippen molar-refractivity contribution in [3.8, 4) is 11.8 Å². The molecule has 0 unspecified atom stereocenters. The molecule has 0 bridgehead atoms. The number of hydrogen-bond acceptors (Lipinski definition) is 4. The maximum absolute atomic E-state index is 12.5. The molecule has 21 heavy (non-hydrogen) atoms. The van der Waals surface area contributed by atoms with Crippen molar-refractivity contribution < 1.29 is 27.4 Å². The number of carbonyl (C=O) groups excluding carboxylic acids is 1. The normalized spacial score (nSPS) is 10.9. The van der Waals surface area contributed by atoms with Crippen molar-refractivity contribution in [2.24, 2.45) is 0 Å². The Hall–Kier alpha value is -1.75. The Labute approximate surface area is 127 Å². The van der Waals surface area contributed by atoms with E-state index in [1.54, 1.807) is 13.0 Å². The molecule has 4 nitrogen and oxygen atoms in total. The van der Waals surface area contributed by atoms with Crippen LogP contribution in [0.5, 0.6) is 5.75 Å². The van der Waals surface area contributed by atoms with Gasteiger partial charge in [0.05, 0.1) is 18.6 Å². The number of hydrogen-bond donors (Lipinski definition) is 0. The Morgan fingerprint density at radius 1 is 1.43 bits per heavy atom. The van der Waals surface area contributed by atoms with Crippen LogP contribution in [-0.4, -0.2) is 18.9 Å². The van der Waals surface area contributed by atoms with E-state index in [2.05, 4.69) is 20.7 Å².